The molecular weight excluding hydrogens is 324 g/mol. The van der Waals surface area contributed by atoms with Gasteiger partial charge in [0.1, 0.15) is 6.54 Å². The molecule has 0 aliphatic carbocycles. The first kappa shape index (κ1) is 18.0. The Kier molecular flexibility index (Phi) is 5.62. The lowest BCUT2D eigenvalue weighted by Crippen LogP contribution is -2.37. The fourth-order valence-corrected chi connectivity index (χ4v) is 2.91. The Morgan fingerprint density at radius 2 is 1.67 bits per heavy atom. The quantitative estimate of drug-likeness (QED) is 0.901. The number of hydrogen-bond acceptors (Lipinski definition) is 2. The summed E-state index contributed by atoms with van der Waals surface area (Å²) in [6.07, 6.45) is 0. The molecule has 5 heteroatoms. The summed E-state index contributed by atoms with van der Waals surface area (Å²) >= 11 is 5.93. The van der Waals surface area contributed by atoms with Gasteiger partial charge in [-0.05, 0) is 55.7 Å². The lowest BCUT2D eigenvalue weighted by molar-refractivity contribution is -0.120. The van der Waals surface area contributed by atoms with E-state index in [4.69, 9.17) is 11.6 Å². The Morgan fingerprint density at radius 3 is 2.21 bits per heavy atom. The predicted octanol–water partition coefficient (Wildman–Crippen LogP) is 4.26. The van der Waals surface area contributed by atoms with Crippen molar-refractivity contribution in [3.05, 3.63) is 58.1 Å². The molecule has 0 aromatic heterocycles. The number of nitrogens with one attached hydrogen (secondary N) is 1. The summed E-state index contributed by atoms with van der Waals surface area (Å²) in [4.78, 5) is 26.0. The van der Waals surface area contributed by atoms with Crippen molar-refractivity contribution in [1.82, 2.24) is 0 Å². The van der Waals surface area contributed by atoms with Gasteiger partial charge in [0.2, 0.25) is 11.8 Å². The predicted molar refractivity (Wildman–Crippen MR) is 98.8 cm³/mol. The van der Waals surface area contributed by atoms with Gasteiger partial charge in [-0.3, -0.25) is 9.59 Å². The highest BCUT2D eigenvalue weighted by Crippen LogP contribution is 2.25. The van der Waals surface area contributed by atoms with Gasteiger partial charge >= 0.3 is 0 Å². The van der Waals surface area contributed by atoms with E-state index in [0.717, 1.165) is 22.4 Å². The van der Waals surface area contributed by atoms with Crippen molar-refractivity contribution in [1.29, 1.82) is 0 Å². The maximum atomic E-state index is 12.4. The van der Waals surface area contributed by atoms with E-state index >= 15 is 0 Å². The minimum absolute atomic E-state index is 0.0386. The Morgan fingerprint density at radius 1 is 1.04 bits per heavy atom. The summed E-state index contributed by atoms with van der Waals surface area (Å²) in [7, 11) is 0. The number of para-hydroxylation sites is 1. The normalized spacial score (nSPS) is 10.4. The van der Waals surface area contributed by atoms with Crippen LogP contribution in [-0.2, 0) is 9.59 Å². The van der Waals surface area contributed by atoms with Crippen LogP contribution >= 0.6 is 11.6 Å². The third kappa shape index (κ3) is 4.15. The van der Waals surface area contributed by atoms with Crippen molar-refractivity contribution in [2.24, 2.45) is 0 Å². The van der Waals surface area contributed by atoms with Crippen LogP contribution in [0.3, 0.4) is 0 Å². The minimum atomic E-state index is -0.252. The third-order valence-electron chi connectivity index (χ3n) is 3.85. The van der Waals surface area contributed by atoms with Gasteiger partial charge in [-0.25, -0.2) is 0 Å². The number of anilines is 2. The van der Waals surface area contributed by atoms with Crippen LogP contribution in [0.5, 0.6) is 0 Å². The maximum Gasteiger partial charge on any atom is 0.244 e. The number of carbonyl (C=O) groups excluding carboxylic acids is 2. The highest BCUT2D eigenvalue weighted by molar-refractivity contribution is 6.30. The number of halogens is 1. The highest BCUT2D eigenvalue weighted by Gasteiger charge is 2.19. The average molecular weight is 345 g/mol. The Balaban J connectivity index is 2.22. The number of rotatable bonds is 4. The second-order valence-electron chi connectivity index (χ2n) is 5.85. The van der Waals surface area contributed by atoms with Gasteiger partial charge in [-0.2, -0.15) is 0 Å². The van der Waals surface area contributed by atoms with Crippen molar-refractivity contribution >= 4 is 34.8 Å². The van der Waals surface area contributed by atoms with E-state index in [9.17, 15) is 9.59 Å². The largest absolute Gasteiger partial charge is 0.324 e. The van der Waals surface area contributed by atoms with E-state index < -0.39 is 0 Å². The number of hydrogen-bond donors (Lipinski definition) is 1. The molecule has 0 aliphatic heterocycles. The monoisotopic (exact) mass is 344 g/mol. The summed E-state index contributed by atoms with van der Waals surface area (Å²) in [5, 5.41) is 3.46. The molecule has 0 atom stereocenters. The topological polar surface area (TPSA) is 49.4 Å². The molecule has 4 nitrogen and oxygen atoms in total. The number of amides is 2. The molecule has 1 N–H and O–H groups in total. The molecule has 0 saturated carbocycles. The number of nitrogens with zero attached hydrogens (tertiary/aromatic N) is 1. The summed E-state index contributed by atoms with van der Waals surface area (Å²) < 4.78 is 0. The molecule has 0 fully saturated rings. The molecule has 0 radical (unpaired) electrons. The molecule has 0 heterocycles. The zero-order valence-electron chi connectivity index (χ0n) is 14.3. The highest BCUT2D eigenvalue weighted by atomic mass is 35.5. The minimum Gasteiger partial charge on any atom is -0.324 e. The molecule has 126 valence electrons. The van der Waals surface area contributed by atoms with E-state index in [1.807, 2.05) is 39.0 Å². The van der Waals surface area contributed by atoms with E-state index in [1.54, 1.807) is 18.2 Å². The zero-order valence-corrected chi connectivity index (χ0v) is 15.1. The van der Waals surface area contributed by atoms with Gasteiger partial charge in [0.25, 0.3) is 0 Å². The van der Waals surface area contributed by atoms with Gasteiger partial charge < -0.3 is 10.2 Å². The lowest BCUT2D eigenvalue weighted by Gasteiger charge is -2.24. The smallest absolute Gasteiger partial charge is 0.244 e. The number of aryl methyl sites for hydroxylation is 3. The number of carbonyl (C=O) groups is 2. The molecule has 0 aliphatic rings. The molecule has 0 saturated heterocycles. The van der Waals surface area contributed by atoms with Crippen molar-refractivity contribution in [3.63, 3.8) is 0 Å². The fraction of sp³-hybridized carbons (Fsp3) is 0.263. The molecule has 0 bridgehead atoms. The van der Waals surface area contributed by atoms with Crippen LogP contribution < -0.4 is 10.2 Å². The van der Waals surface area contributed by atoms with Crippen LogP contribution in [0.2, 0.25) is 5.02 Å². The van der Waals surface area contributed by atoms with E-state index in [-0.39, 0.29) is 18.4 Å². The van der Waals surface area contributed by atoms with Crippen LogP contribution in [0.1, 0.15) is 23.6 Å². The fourth-order valence-electron chi connectivity index (χ4n) is 2.68. The Labute approximate surface area is 147 Å². The molecule has 2 amide bonds. The van der Waals surface area contributed by atoms with Gasteiger partial charge in [-0.1, -0.05) is 29.8 Å². The molecule has 0 spiro atoms. The van der Waals surface area contributed by atoms with Gasteiger partial charge in [0.15, 0.2) is 0 Å². The molecular formula is C19H21ClN2O2. The SMILES string of the molecule is CC(=O)N(CC(=O)Nc1ccc(Cl)cc1C)c1c(C)cccc1C. The molecule has 24 heavy (non-hydrogen) atoms. The van der Waals surface area contributed by atoms with Crippen LogP contribution in [0.15, 0.2) is 36.4 Å². The van der Waals surface area contributed by atoms with Crippen LogP contribution in [0.4, 0.5) is 11.4 Å². The first-order chi connectivity index (χ1) is 11.3. The van der Waals surface area contributed by atoms with Gasteiger partial charge in [-0.15, -0.1) is 0 Å². The molecule has 2 aromatic carbocycles. The third-order valence-corrected chi connectivity index (χ3v) is 4.09. The van der Waals surface area contributed by atoms with Crippen molar-refractivity contribution in [3.8, 4) is 0 Å². The Hall–Kier alpha value is -2.33. The zero-order chi connectivity index (χ0) is 17.9. The standard InChI is InChI=1S/C19H21ClN2O2/c1-12-6-5-7-13(2)19(12)22(15(4)23)11-18(24)21-17-9-8-16(20)10-14(17)3/h5-10H,11H2,1-4H3,(H,21,24). The molecule has 2 aromatic rings. The van der Waals surface area contributed by atoms with E-state index in [2.05, 4.69) is 5.32 Å². The van der Waals surface area contributed by atoms with Gasteiger partial charge in [0, 0.05) is 17.6 Å². The molecule has 2 rings (SSSR count). The van der Waals surface area contributed by atoms with Crippen molar-refractivity contribution < 1.29 is 9.59 Å². The van der Waals surface area contributed by atoms with Crippen molar-refractivity contribution in [2.45, 2.75) is 27.7 Å². The van der Waals surface area contributed by atoms with Crippen molar-refractivity contribution in [2.75, 3.05) is 16.8 Å². The van der Waals surface area contributed by atoms with Crippen LogP contribution in [0, 0.1) is 20.8 Å². The second-order valence-corrected chi connectivity index (χ2v) is 6.29. The van der Waals surface area contributed by atoms with E-state index in [1.165, 1.54) is 11.8 Å². The maximum absolute atomic E-state index is 12.4. The number of benzene rings is 2. The Bertz CT molecular complexity index is 767. The van der Waals surface area contributed by atoms with E-state index in [0.29, 0.717) is 10.7 Å². The average Bonchev–Trinajstić information content (AvgIpc) is 2.48. The first-order valence-electron chi connectivity index (χ1n) is 7.70. The lowest BCUT2D eigenvalue weighted by atomic mass is 10.1. The first-order valence-corrected chi connectivity index (χ1v) is 8.07. The summed E-state index contributed by atoms with van der Waals surface area (Å²) in [6.45, 7) is 7.16. The summed E-state index contributed by atoms with van der Waals surface area (Å²) in [5.41, 5.74) is 4.26. The van der Waals surface area contributed by atoms with Crippen LogP contribution in [0.25, 0.3) is 0 Å². The second kappa shape index (κ2) is 7.49. The van der Waals surface area contributed by atoms with Crippen LogP contribution in [-0.4, -0.2) is 18.4 Å². The summed E-state index contributed by atoms with van der Waals surface area (Å²) in [5.74, 6) is -0.423. The molecule has 0 unspecified atom stereocenters. The van der Waals surface area contributed by atoms with Gasteiger partial charge in [0.05, 0.1) is 5.69 Å². The summed E-state index contributed by atoms with van der Waals surface area (Å²) in [6, 6.07) is 11.1.